The highest BCUT2D eigenvalue weighted by atomic mass is 35.5. The molecule has 0 radical (unpaired) electrons. The smallest absolute Gasteiger partial charge is 0.338 e. The first-order valence-electron chi connectivity index (χ1n) is 10.3. The van der Waals surface area contributed by atoms with Crippen LogP contribution in [-0.4, -0.2) is 33.2 Å². The van der Waals surface area contributed by atoms with Crippen LogP contribution >= 0.6 is 34.8 Å². The number of amides is 1. The molecule has 0 aromatic heterocycles. The van der Waals surface area contributed by atoms with E-state index in [1.807, 2.05) is 0 Å². The Morgan fingerprint density at radius 1 is 0.914 bits per heavy atom. The number of carbonyl (C=O) groups excluding carboxylic acids is 2. The van der Waals surface area contributed by atoms with Gasteiger partial charge in [-0.05, 0) is 61.5 Å². The first kappa shape index (κ1) is 26.8. The Morgan fingerprint density at radius 3 is 2.06 bits per heavy atom. The first-order valence-corrected chi connectivity index (χ1v) is 13.3. The van der Waals surface area contributed by atoms with Gasteiger partial charge in [0.2, 0.25) is 10.0 Å². The van der Waals surface area contributed by atoms with Crippen LogP contribution in [0.4, 0.5) is 11.4 Å². The number of nitrogens with one attached hydrogen (secondary N) is 1. The van der Waals surface area contributed by atoms with Crippen LogP contribution in [0, 0.1) is 0 Å². The number of nitrogens with zero attached hydrogens (tertiary/aromatic N) is 1. The van der Waals surface area contributed by atoms with E-state index in [1.165, 1.54) is 42.5 Å². The van der Waals surface area contributed by atoms with Crippen molar-refractivity contribution >= 4 is 68.1 Å². The van der Waals surface area contributed by atoms with Gasteiger partial charge >= 0.3 is 5.97 Å². The van der Waals surface area contributed by atoms with Crippen molar-refractivity contribution in [2.45, 2.75) is 13.5 Å². The highest BCUT2D eigenvalue weighted by Gasteiger charge is 2.21. The summed E-state index contributed by atoms with van der Waals surface area (Å²) in [6.07, 6.45) is 1.07. The molecule has 0 heterocycles. The van der Waals surface area contributed by atoms with Crippen molar-refractivity contribution in [2.75, 3.05) is 22.5 Å². The van der Waals surface area contributed by atoms with Crippen molar-refractivity contribution < 1.29 is 22.7 Å². The molecule has 0 saturated carbocycles. The largest absolute Gasteiger partial charge is 0.462 e. The molecule has 0 atom stereocenters. The van der Waals surface area contributed by atoms with Gasteiger partial charge in [0.15, 0.2) is 0 Å². The Morgan fingerprint density at radius 2 is 1.51 bits per heavy atom. The lowest BCUT2D eigenvalue weighted by Crippen LogP contribution is -2.29. The van der Waals surface area contributed by atoms with Crippen molar-refractivity contribution in [1.29, 1.82) is 0 Å². The Balaban J connectivity index is 1.80. The van der Waals surface area contributed by atoms with Crippen LogP contribution in [-0.2, 0) is 21.3 Å². The van der Waals surface area contributed by atoms with E-state index >= 15 is 0 Å². The molecular formula is C24H21Cl3N2O5S. The van der Waals surface area contributed by atoms with E-state index in [0.717, 1.165) is 10.6 Å². The minimum absolute atomic E-state index is 0.0781. The quantitative estimate of drug-likeness (QED) is 0.342. The van der Waals surface area contributed by atoms with E-state index in [0.29, 0.717) is 27.0 Å². The van der Waals surface area contributed by atoms with Gasteiger partial charge in [0.05, 0.1) is 41.4 Å². The van der Waals surface area contributed by atoms with Gasteiger partial charge in [-0.1, -0.05) is 40.9 Å². The van der Waals surface area contributed by atoms with Gasteiger partial charge in [0.25, 0.3) is 5.91 Å². The fourth-order valence-corrected chi connectivity index (χ4v) is 4.77. The first-order chi connectivity index (χ1) is 16.5. The lowest BCUT2D eigenvalue weighted by atomic mass is 10.1. The normalized spacial score (nSPS) is 11.1. The van der Waals surface area contributed by atoms with Crippen LogP contribution in [0.3, 0.4) is 0 Å². The van der Waals surface area contributed by atoms with Crippen molar-refractivity contribution in [2.24, 2.45) is 0 Å². The van der Waals surface area contributed by atoms with Crippen molar-refractivity contribution in [3.05, 3.63) is 92.4 Å². The number of sulfonamides is 1. The molecule has 7 nitrogen and oxygen atoms in total. The zero-order chi connectivity index (χ0) is 25.8. The molecule has 0 aliphatic carbocycles. The molecule has 35 heavy (non-hydrogen) atoms. The van der Waals surface area contributed by atoms with Crippen molar-refractivity contribution in [3.8, 4) is 0 Å². The van der Waals surface area contributed by atoms with Crippen LogP contribution in [0.15, 0.2) is 60.7 Å². The number of halogens is 3. The zero-order valence-corrected chi connectivity index (χ0v) is 21.8. The summed E-state index contributed by atoms with van der Waals surface area (Å²) in [7, 11) is -3.69. The highest BCUT2D eigenvalue weighted by Crippen LogP contribution is 2.30. The lowest BCUT2D eigenvalue weighted by molar-refractivity contribution is 0.0526. The number of hydrogen-bond donors (Lipinski definition) is 1. The van der Waals surface area contributed by atoms with Crippen LogP contribution in [0.2, 0.25) is 15.1 Å². The fraction of sp³-hybridized carbons (Fsp3) is 0.167. The summed E-state index contributed by atoms with van der Waals surface area (Å²) in [6.45, 7) is 1.85. The maximum Gasteiger partial charge on any atom is 0.338 e. The summed E-state index contributed by atoms with van der Waals surface area (Å²) in [4.78, 5) is 24.6. The van der Waals surface area contributed by atoms with Gasteiger partial charge in [-0.15, -0.1) is 0 Å². The molecule has 11 heteroatoms. The standard InChI is InChI=1S/C24H21Cl3N2O5S/c1-3-34-24(31)16-9-12-22(21(27)13-16)28-23(30)15-7-10-17(11-8-15)29(35(2,32)33)14-18-19(25)5-4-6-20(18)26/h4-13H,3,14H2,1-2H3,(H,28,30). The number of carbonyl (C=O) groups is 2. The highest BCUT2D eigenvalue weighted by molar-refractivity contribution is 7.92. The fourth-order valence-electron chi connectivity index (χ4n) is 3.16. The third kappa shape index (κ3) is 6.67. The maximum atomic E-state index is 12.7. The second-order valence-electron chi connectivity index (χ2n) is 7.39. The lowest BCUT2D eigenvalue weighted by Gasteiger charge is -2.23. The molecule has 1 N–H and O–H groups in total. The Kier molecular flexibility index (Phi) is 8.66. The van der Waals surface area contributed by atoms with Gasteiger partial charge in [0, 0.05) is 21.2 Å². The third-order valence-corrected chi connectivity index (χ3v) is 7.07. The molecule has 3 rings (SSSR count). The number of esters is 1. The van der Waals surface area contributed by atoms with Crippen LogP contribution in [0.25, 0.3) is 0 Å². The van der Waals surface area contributed by atoms with E-state index in [2.05, 4.69) is 5.32 Å². The van der Waals surface area contributed by atoms with Crippen LogP contribution in [0.5, 0.6) is 0 Å². The molecule has 0 saturated heterocycles. The predicted octanol–water partition coefficient (Wildman–Crippen LogP) is 6.04. The third-order valence-electron chi connectivity index (χ3n) is 4.91. The SMILES string of the molecule is CCOC(=O)c1ccc(NC(=O)c2ccc(N(Cc3c(Cl)cccc3Cl)S(C)(=O)=O)cc2)c(Cl)c1. The number of rotatable bonds is 8. The van der Waals surface area contributed by atoms with E-state index < -0.39 is 21.9 Å². The summed E-state index contributed by atoms with van der Waals surface area (Å²) >= 11 is 18.6. The zero-order valence-electron chi connectivity index (χ0n) is 18.7. The molecular weight excluding hydrogens is 535 g/mol. The Bertz CT molecular complexity index is 1340. The van der Waals surface area contributed by atoms with Crippen molar-refractivity contribution in [3.63, 3.8) is 0 Å². The molecule has 1 amide bonds. The van der Waals surface area contributed by atoms with E-state index in [4.69, 9.17) is 39.5 Å². The van der Waals surface area contributed by atoms with Gasteiger partial charge in [-0.2, -0.15) is 0 Å². The molecule has 0 unspecified atom stereocenters. The minimum Gasteiger partial charge on any atom is -0.462 e. The number of ether oxygens (including phenoxy) is 1. The summed E-state index contributed by atoms with van der Waals surface area (Å²) in [5, 5.41) is 3.52. The van der Waals surface area contributed by atoms with Gasteiger partial charge < -0.3 is 10.1 Å². The molecule has 0 bridgehead atoms. The van der Waals surface area contributed by atoms with Crippen molar-refractivity contribution in [1.82, 2.24) is 0 Å². The monoisotopic (exact) mass is 554 g/mol. The molecule has 0 fully saturated rings. The van der Waals surface area contributed by atoms with Gasteiger partial charge in [-0.3, -0.25) is 9.10 Å². The summed E-state index contributed by atoms with van der Waals surface area (Å²) in [5.41, 5.74) is 1.63. The molecule has 0 aliphatic rings. The number of anilines is 2. The number of hydrogen-bond acceptors (Lipinski definition) is 5. The minimum atomic E-state index is -3.69. The second-order valence-corrected chi connectivity index (χ2v) is 10.5. The van der Waals surface area contributed by atoms with E-state index in [1.54, 1.807) is 25.1 Å². The second kappa shape index (κ2) is 11.3. The average molecular weight is 556 g/mol. The summed E-state index contributed by atoms with van der Waals surface area (Å²) in [6, 6.07) is 15.3. The predicted molar refractivity (Wildman–Crippen MR) is 139 cm³/mol. The van der Waals surface area contributed by atoms with E-state index in [9.17, 15) is 18.0 Å². The van der Waals surface area contributed by atoms with Gasteiger partial charge in [-0.25, -0.2) is 13.2 Å². The Labute approximate surface area is 218 Å². The topological polar surface area (TPSA) is 92.8 Å². The Hall–Kier alpha value is -2.78. The molecule has 0 spiro atoms. The summed E-state index contributed by atoms with van der Waals surface area (Å²) < 4.78 is 31.0. The average Bonchev–Trinajstić information content (AvgIpc) is 2.79. The molecule has 3 aromatic rings. The summed E-state index contributed by atoms with van der Waals surface area (Å²) in [5.74, 6) is -0.987. The van der Waals surface area contributed by atoms with Gasteiger partial charge in [0.1, 0.15) is 0 Å². The van der Waals surface area contributed by atoms with Crippen LogP contribution < -0.4 is 9.62 Å². The number of benzene rings is 3. The van der Waals surface area contributed by atoms with E-state index in [-0.39, 0.29) is 29.3 Å². The molecule has 0 aliphatic heterocycles. The van der Waals surface area contributed by atoms with Crippen LogP contribution in [0.1, 0.15) is 33.2 Å². The maximum absolute atomic E-state index is 12.7. The molecule has 3 aromatic carbocycles. The molecule has 184 valence electrons.